The summed E-state index contributed by atoms with van der Waals surface area (Å²) in [6.45, 7) is 2.70. The monoisotopic (exact) mass is 349 g/mol. The van der Waals surface area contributed by atoms with Crippen LogP contribution in [0.15, 0.2) is 60.7 Å². The predicted molar refractivity (Wildman–Crippen MR) is 88.3 cm³/mol. The van der Waals surface area contributed by atoms with E-state index < -0.39 is 5.79 Å². The molecule has 0 aromatic heterocycles. The van der Waals surface area contributed by atoms with Crippen LogP contribution in [0.5, 0.6) is 0 Å². The zero-order valence-electron chi connectivity index (χ0n) is 11.8. The Hall–Kier alpha value is -1.20. The Kier molecular flexibility index (Phi) is 5.53. The lowest BCUT2D eigenvalue weighted by Crippen LogP contribution is -2.49. The second kappa shape index (κ2) is 7.18. The highest BCUT2D eigenvalue weighted by molar-refractivity contribution is 8.93. The minimum Gasteiger partial charge on any atom is -0.361 e. The third kappa shape index (κ3) is 3.92. The average molecular weight is 350 g/mol. The molecular formula is C17H20BrNO2. The average Bonchev–Trinajstić information content (AvgIpc) is 2.49. The van der Waals surface area contributed by atoms with Crippen LogP contribution in [-0.2, 0) is 17.1 Å². The van der Waals surface area contributed by atoms with Gasteiger partial charge in [0.05, 0.1) is 13.2 Å². The van der Waals surface area contributed by atoms with Crippen LogP contribution >= 0.6 is 17.0 Å². The van der Waals surface area contributed by atoms with Crippen molar-refractivity contribution < 1.29 is 9.84 Å². The van der Waals surface area contributed by atoms with Gasteiger partial charge in [0.15, 0.2) is 0 Å². The van der Waals surface area contributed by atoms with Gasteiger partial charge in [-0.1, -0.05) is 60.7 Å². The number of hydrogen-bond acceptors (Lipinski definition) is 3. The summed E-state index contributed by atoms with van der Waals surface area (Å²) in [6.07, 6.45) is 0. The molecular weight excluding hydrogens is 330 g/mol. The first-order valence-corrected chi connectivity index (χ1v) is 6.94. The van der Waals surface area contributed by atoms with Crippen molar-refractivity contribution in [2.24, 2.45) is 0 Å². The maximum absolute atomic E-state index is 10.7. The molecule has 2 aromatic carbocycles. The van der Waals surface area contributed by atoms with Crippen molar-refractivity contribution in [2.45, 2.75) is 12.3 Å². The molecule has 0 amide bonds. The van der Waals surface area contributed by atoms with E-state index in [0.29, 0.717) is 13.2 Å². The Labute approximate surface area is 135 Å². The maximum atomic E-state index is 10.7. The van der Waals surface area contributed by atoms with E-state index >= 15 is 0 Å². The van der Waals surface area contributed by atoms with Crippen molar-refractivity contribution in [3.8, 4) is 0 Å². The Morgan fingerprint density at radius 2 is 1.62 bits per heavy atom. The summed E-state index contributed by atoms with van der Waals surface area (Å²) in [5, 5.41) is 10.7. The molecule has 0 bridgehead atoms. The van der Waals surface area contributed by atoms with Crippen LogP contribution in [0.1, 0.15) is 11.1 Å². The molecule has 1 N–H and O–H groups in total. The first kappa shape index (κ1) is 16.2. The molecule has 0 saturated carbocycles. The summed E-state index contributed by atoms with van der Waals surface area (Å²) in [4.78, 5) is 2.23. The lowest BCUT2D eigenvalue weighted by atomic mass is 10.0. The van der Waals surface area contributed by atoms with Gasteiger partial charge in [-0.15, -0.1) is 17.0 Å². The number of halogens is 1. The van der Waals surface area contributed by atoms with E-state index in [0.717, 1.165) is 18.7 Å². The minimum absolute atomic E-state index is 0. The van der Waals surface area contributed by atoms with Crippen LogP contribution in [0.25, 0.3) is 0 Å². The van der Waals surface area contributed by atoms with Gasteiger partial charge < -0.3 is 9.84 Å². The number of aliphatic hydroxyl groups is 1. The van der Waals surface area contributed by atoms with Gasteiger partial charge in [-0.05, 0) is 5.56 Å². The van der Waals surface area contributed by atoms with Crippen molar-refractivity contribution in [1.82, 2.24) is 4.90 Å². The zero-order valence-corrected chi connectivity index (χ0v) is 13.5. The Balaban J connectivity index is 0.00000161. The van der Waals surface area contributed by atoms with Gasteiger partial charge in [0.1, 0.15) is 0 Å². The quantitative estimate of drug-likeness (QED) is 0.924. The lowest BCUT2D eigenvalue weighted by molar-refractivity contribution is -0.249. The smallest absolute Gasteiger partial charge is 0.205 e. The van der Waals surface area contributed by atoms with Gasteiger partial charge in [-0.2, -0.15) is 0 Å². The third-order valence-corrected chi connectivity index (χ3v) is 3.66. The number of nitrogens with zero attached hydrogens (tertiary/aromatic N) is 1. The van der Waals surface area contributed by atoms with E-state index in [2.05, 4.69) is 17.0 Å². The zero-order chi connectivity index (χ0) is 13.8. The summed E-state index contributed by atoms with van der Waals surface area (Å²) >= 11 is 0. The highest BCUT2D eigenvalue weighted by Crippen LogP contribution is 2.27. The highest BCUT2D eigenvalue weighted by Gasteiger charge is 2.36. The summed E-state index contributed by atoms with van der Waals surface area (Å²) in [6, 6.07) is 19.9. The summed E-state index contributed by atoms with van der Waals surface area (Å²) in [5.74, 6) is -1.20. The normalized spacial score (nSPS) is 22.5. The molecule has 3 rings (SSSR count). The molecule has 1 atom stereocenters. The maximum Gasteiger partial charge on any atom is 0.205 e. The van der Waals surface area contributed by atoms with Gasteiger partial charge in [0.2, 0.25) is 5.79 Å². The molecule has 1 aliphatic rings. The topological polar surface area (TPSA) is 32.7 Å². The predicted octanol–water partition coefficient (Wildman–Crippen LogP) is 2.94. The van der Waals surface area contributed by atoms with Gasteiger partial charge in [-0.25, -0.2) is 0 Å². The van der Waals surface area contributed by atoms with Gasteiger partial charge in [0, 0.05) is 18.7 Å². The fourth-order valence-corrected chi connectivity index (χ4v) is 2.62. The van der Waals surface area contributed by atoms with Gasteiger partial charge >= 0.3 is 0 Å². The van der Waals surface area contributed by atoms with Crippen LogP contribution in [0, 0.1) is 0 Å². The molecule has 112 valence electrons. The van der Waals surface area contributed by atoms with E-state index in [1.54, 1.807) is 0 Å². The van der Waals surface area contributed by atoms with Crippen molar-refractivity contribution in [3.63, 3.8) is 0 Å². The molecule has 4 heteroatoms. The van der Waals surface area contributed by atoms with E-state index in [1.807, 2.05) is 48.5 Å². The second-order valence-corrected chi connectivity index (χ2v) is 5.20. The summed E-state index contributed by atoms with van der Waals surface area (Å²) in [7, 11) is 0. The molecule has 0 spiro atoms. The van der Waals surface area contributed by atoms with E-state index in [-0.39, 0.29) is 17.0 Å². The number of benzene rings is 2. The van der Waals surface area contributed by atoms with Crippen molar-refractivity contribution >= 4 is 17.0 Å². The molecule has 0 aliphatic carbocycles. The molecule has 1 heterocycles. The number of ether oxygens (including phenoxy) is 1. The van der Waals surface area contributed by atoms with Crippen LogP contribution in [-0.4, -0.2) is 29.7 Å². The molecule has 0 radical (unpaired) electrons. The second-order valence-electron chi connectivity index (χ2n) is 5.20. The van der Waals surface area contributed by atoms with Crippen LogP contribution in [0.3, 0.4) is 0 Å². The van der Waals surface area contributed by atoms with Crippen LogP contribution in [0.4, 0.5) is 0 Å². The van der Waals surface area contributed by atoms with Gasteiger partial charge in [-0.3, -0.25) is 4.90 Å². The number of hydrogen-bond donors (Lipinski definition) is 1. The van der Waals surface area contributed by atoms with Crippen molar-refractivity contribution in [1.29, 1.82) is 0 Å². The molecule has 1 saturated heterocycles. The summed E-state index contributed by atoms with van der Waals surface area (Å²) < 4.78 is 5.63. The number of rotatable bonds is 3. The van der Waals surface area contributed by atoms with Crippen LogP contribution in [0.2, 0.25) is 0 Å². The van der Waals surface area contributed by atoms with E-state index in [1.165, 1.54) is 5.56 Å². The molecule has 2 aromatic rings. The molecule has 21 heavy (non-hydrogen) atoms. The molecule has 1 unspecified atom stereocenters. The number of β-amino-alcohol motifs (C(OH)–C–C–N with tert-alkyl or cyclic N) is 1. The highest BCUT2D eigenvalue weighted by atomic mass is 79.9. The largest absolute Gasteiger partial charge is 0.361 e. The Morgan fingerprint density at radius 1 is 1.00 bits per heavy atom. The molecule has 1 aliphatic heterocycles. The minimum atomic E-state index is -1.20. The standard InChI is InChI=1S/C17H19NO2.BrH/c19-17(16-9-5-2-6-10-16)14-18(11-12-20-17)13-15-7-3-1-4-8-15;/h1-10,19H,11-14H2;1H. The number of morpholine rings is 1. The molecule has 1 fully saturated rings. The van der Waals surface area contributed by atoms with Crippen LogP contribution < -0.4 is 0 Å². The van der Waals surface area contributed by atoms with E-state index in [9.17, 15) is 5.11 Å². The third-order valence-electron chi connectivity index (χ3n) is 3.66. The van der Waals surface area contributed by atoms with Gasteiger partial charge in [0.25, 0.3) is 0 Å². The Morgan fingerprint density at radius 3 is 2.29 bits per heavy atom. The fraction of sp³-hybridized carbons (Fsp3) is 0.294. The lowest BCUT2D eigenvalue weighted by Gasteiger charge is -2.39. The fourth-order valence-electron chi connectivity index (χ4n) is 2.62. The summed E-state index contributed by atoms with van der Waals surface area (Å²) in [5.41, 5.74) is 2.07. The van der Waals surface area contributed by atoms with Crippen molar-refractivity contribution in [2.75, 3.05) is 19.7 Å². The van der Waals surface area contributed by atoms with Crippen molar-refractivity contribution in [3.05, 3.63) is 71.8 Å². The first-order valence-electron chi connectivity index (χ1n) is 6.94. The molecule has 3 nitrogen and oxygen atoms in total. The Bertz CT molecular complexity index is 549. The SMILES string of the molecule is Br.OC1(c2ccccc2)CN(Cc2ccccc2)CCO1. The first-order chi connectivity index (χ1) is 9.76. The van der Waals surface area contributed by atoms with E-state index in [4.69, 9.17) is 4.74 Å².